The van der Waals surface area contributed by atoms with Crippen molar-refractivity contribution in [1.29, 1.82) is 0 Å². The second-order valence-corrected chi connectivity index (χ2v) is 4.52. The van der Waals surface area contributed by atoms with Gasteiger partial charge in [0.05, 0.1) is 11.3 Å². The summed E-state index contributed by atoms with van der Waals surface area (Å²) in [6.07, 6.45) is 0. The molecule has 1 N–H and O–H groups in total. The molecule has 4 heteroatoms. The fourth-order valence-electron chi connectivity index (χ4n) is 0.939. The van der Waals surface area contributed by atoms with Gasteiger partial charge < -0.3 is 5.32 Å². The highest BCUT2D eigenvalue weighted by molar-refractivity contribution is 7.81. The normalized spacial score (nSPS) is 15.0. The highest BCUT2D eigenvalue weighted by Crippen LogP contribution is 2.15. The lowest BCUT2D eigenvalue weighted by molar-refractivity contribution is -0.120. The molecule has 0 spiro atoms. The van der Waals surface area contributed by atoms with Gasteiger partial charge in [0.25, 0.3) is 0 Å². The number of thiol groups is 1. The fraction of sp³-hybridized carbons (Fsp3) is 0.444. The summed E-state index contributed by atoms with van der Waals surface area (Å²) >= 11 is 5.69. The van der Waals surface area contributed by atoms with E-state index >= 15 is 0 Å². The van der Waals surface area contributed by atoms with Crippen molar-refractivity contribution < 1.29 is 4.79 Å². The Balaban J connectivity index is 2.51. The van der Waals surface area contributed by atoms with E-state index in [9.17, 15) is 4.79 Å². The third-order valence-corrected chi connectivity index (χ3v) is 2.72. The molecular weight excluding hydrogens is 202 g/mol. The third-order valence-electron chi connectivity index (χ3n) is 1.78. The SMILES string of the molecule is CC(S)C(=O)NC(C)c1ccsc1. The second kappa shape index (κ2) is 4.67. The van der Waals surface area contributed by atoms with Crippen LogP contribution in [0.5, 0.6) is 0 Å². The van der Waals surface area contributed by atoms with E-state index in [2.05, 4.69) is 17.9 Å². The Hall–Kier alpha value is -0.480. The van der Waals surface area contributed by atoms with Gasteiger partial charge in [-0.1, -0.05) is 0 Å². The molecule has 0 aliphatic rings. The molecule has 0 radical (unpaired) electrons. The van der Waals surface area contributed by atoms with Crippen LogP contribution < -0.4 is 5.32 Å². The molecule has 0 saturated heterocycles. The number of hydrogen-bond donors (Lipinski definition) is 2. The van der Waals surface area contributed by atoms with Crippen LogP contribution in [0.1, 0.15) is 25.5 Å². The summed E-state index contributed by atoms with van der Waals surface area (Å²) in [5.74, 6) is -0.0259. The predicted molar refractivity (Wildman–Crippen MR) is 59.3 cm³/mol. The highest BCUT2D eigenvalue weighted by Gasteiger charge is 2.12. The summed E-state index contributed by atoms with van der Waals surface area (Å²) in [5.41, 5.74) is 1.15. The van der Waals surface area contributed by atoms with Crippen LogP contribution in [0.3, 0.4) is 0 Å². The Bertz CT molecular complexity index is 269. The number of nitrogens with one attached hydrogen (secondary N) is 1. The van der Waals surface area contributed by atoms with Gasteiger partial charge in [0.2, 0.25) is 5.91 Å². The van der Waals surface area contributed by atoms with Crippen LogP contribution in [-0.2, 0) is 4.79 Å². The average Bonchev–Trinajstić information content (AvgIpc) is 2.55. The van der Waals surface area contributed by atoms with Crippen LogP contribution in [0.4, 0.5) is 0 Å². The highest BCUT2D eigenvalue weighted by atomic mass is 32.1. The van der Waals surface area contributed by atoms with Crippen LogP contribution in [0.25, 0.3) is 0 Å². The van der Waals surface area contributed by atoms with E-state index < -0.39 is 0 Å². The van der Waals surface area contributed by atoms with Crippen LogP contribution in [0.15, 0.2) is 16.8 Å². The van der Waals surface area contributed by atoms with Gasteiger partial charge in [-0.15, -0.1) is 0 Å². The minimum Gasteiger partial charge on any atom is -0.349 e. The van der Waals surface area contributed by atoms with Gasteiger partial charge >= 0.3 is 0 Å². The average molecular weight is 215 g/mol. The first-order valence-corrected chi connectivity index (χ1v) is 5.57. The Kier molecular flexibility index (Phi) is 3.81. The van der Waals surface area contributed by atoms with Crippen LogP contribution >= 0.6 is 24.0 Å². The van der Waals surface area contributed by atoms with Crippen molar-refractivity contribution in [2.45, 2.75) is 25.1 Å². The van der Waals surface area contributed by atoms with Crippen LogP contribution in [-0.4, -0.2) is 11.2 Å². The molecule has 2 nitrogen and oxygen atoms in total. The monoisotopic (exact) mass is 215 g/mol. The molecule has 0 aliphatic heterocycles. The summed E-state index contributed by atoms with van der Waals surface area (Å²) in [7, 11) is 0. The Labute approximate surface area is 87.8 Å². The Morgan fingerprint density at radius 2 is 2.31 bits per heavy atom. The summed E-state index contributed by atoms with van der Waals surface area (Å²) in [6.45, 7) is 3.73. The maximum absolute atomic E-state index is 11.3. The van der Waals surface area contributed by atoms with Crippen molar-refractivity contribution >= 4 is 29.9 Å². The van der Waals surface area contributed by atoms with E-state index in [4.69, 9.17) is 0 Å². The van der Waals surface area contributed by atoms with Crippen molar-refractivity contribution in [2.75, 3.05) is 0 Å². The molecule has 1 rings (SSSR count). The number of thiophene rings is 1. The van der Waals surface area contributed by atoms with E-state index in [1.807, 2.05) is 23.8 Å². The van der Waals surface area contributed by atoms with Crippen LogP contribution in [0, 0.1) is 0 Å². The second-order valence-electron chi connectivity index (χ2n) is 2.96. The van der Waals surface area contributed by atoms with E-state index in [-0.39, 0.29) is 17.2 Å². The van der Waals surface area contributed by atoms with Gasteiger partial charge in [0.15, 0.2) is 0 Å². The zero-order valence-corrected chi connectivity index (χ0v) is 9.36. The molecular formula is C9H13NOS2. The minimum absolute atomic E-state index is 0.0259. The van der Waals surface area contributed by atoms with Gasteiger partial charge in [0, 0.05) is 0 Å². The lowest BCUT2D eigenvalue weighted by atomic mass is 10.2. The largest absolute Gasteiger partial charge is 0.349 e. The lowest BCUT2D eigenvalue weighted by Gasteiger charge is -2.13. The molecule has 13 heavy (non-hydrogen) atoms. The molecule has 2 atom stereocenters. The number of hydrogen-bond acceptors (Lipinski definition) is 3. The van der Waals surface area contributed by atoms with Crippen molar-refractivity contribution in [1.82, 2.24) is 5.32 Å². The number of carbonyl (C=O) groups is 1. The lowest BCUT2D eigenvalue weighted by Crippen LogP contribution is -2.31. The van der Waals surface area contributed by atoms with Gasteiger partial charge in [0.1, 0.15) is 0 Å². The summed E-state index contributed by atoms with van der Waals surface area (Å²) < 4.78 is 0. The molecule has 1 heterocycles. The van der Waals surface area contributed by atoms with E-state index in [1.54, 1.807) is 18.3 Å². The zero-order valence-electron chi connectivity index (χ0n) is 7.65. The fourth-order valence-corrected chi connectivity index (χ4v) is 1.77. The first kappa shape index (κ1) is 10.6. The molecule has 72 valence electrons. The molecule has 1 aromatic heterocycles. The van der Waals surface area contributed by atoms with E-state index in [0.29, 0.717) is 0 Å². The molecule has 0 fully saturated rings. The smallest absolute Gasteiger partial charge is 0.233 e. The van der Waals surface area contributed by atoms with Crippen LogP contribution in [0.2, 0.25) is 0 Å². The number of amides is 1. The Morgan fingerprint density at radius 3 is 2.77 bits per heavy atom. The molecule has 0 saturated carbocycles. The van der Waals surface area contributed by atoms with Crippen molar-refractivity contribution in [3.05, 3.63) is 22.4 Å². The molecule has 0 aromatic carbocycles. The third kappa shape index (κ3) is 3.04. The number of carbonyl (C=O) groups excluding carboxylic acids is 1. The molecule has 0 aliphatic carbocycles. The molecule has 1 aromatic rings. The Morgan fingerprint density at radius 1 is 1.62 bits per heavy atom. The van der Waals surface area contributed by atoms with E-state index in [1.165, 1.54) is 0 Å². The topological polar surface area (TPSA) is 29.1 Å². The maximum atomic E-state index is 11.3. The number of rotatable bonds is 3. The zero-order chi connectivity index (χ0) is 9.84. The standard InChI is InChI=1S/C9H13NOS2/c1-6(8-3-4-13-5-8)10-9(11)7(2)12/h3-7,12H,1-2H3,(H,10,11). The quantitative estimate of drug-likeness (QED) is 0.744. The van der Waals surface area contributed by atoms with Crippen molar-refractivity contribution in [3.63, 3.8) is 0 Å². The van der Waals surface area contributed by atoms with E-state index in [0.717, 1.165) is 5.56 Å². The summed E-state index contributed by atoms with van der Waals surface area (Å²) in [6, 6.07) is 2.09. The molecule has 0 bridgehead atoms. The van der Waals surface area contributed by atoms with Gasteiger partial charge in [-0.05, 0) is 36.2 Å². The minimum atomic E-state index is -0.249. The van der Waals surface area contributed by atoms with Gasteiger partial charge in [-0.2, -0.15) is 24.0 Å². The molecule has 1 amide bonds. The summed E-state index contributed by atoms with van der Waals surface area (Å²) in [5, 5.41) is 6.66. The van der Waals surface area contributed by atoms with Gasteiger partial charge in [-0.3, -0.25) is 4.79 Å². The van der Waals surface area contributed by atoms with Crippen molar-refractivity contribution in [3.8, 4) is 0 Å². The van der Waals surface area contributed by atoms with Gasteiger partial charge in [-0.25, -0.2) is 0 Å². The molecule has 2 unspecified atom stereocenters. The maximum Gasteiger partial charge on any atom is 0.233 e. The summed E-state index contributed by atoms with van der Waals surface area (Å²) in [4.78, 5) is 11.3. The predicted octanol–water partition coefficient (Wildman–Crippen LogP) is 2.24. The first-order valence-electron chi connectivity index (χ1n) is 4.12. The van der Waals surface area contributed by atoms with Crippen molar-refractivity contribution in [2.24, 2.45) is 0 Å². The first-order chi connectivity index (χ1) is 6.11.